The fourth-order valence-corrected chi connectivity index (χ4v) is 1.88. The second-order valence-electron chi connectivity index (χ2n) is 4.95. The van der Waals surface area contributed by atoms with Crippen molar-refractivity contribution in [3.8, 4) is 11.4 Å². The van der Waals surface area contributed by atoms with E-state index >= 15 is 0 Å². The van der Waals surface area contributed by atoms with Gasteiger partial charge in [0.15, 0.2) is 5.82 Å². The molecule has 0 spiro atoms. The van der Waals surface area contributed by atoms with Gasteiger partial charge in [-0.2, -0.15) is 17.9 Å². The second-order valence-corrected chi connectivity index (χ2v) is 4.95. The summed E-state index contributed by atoms with van der Waals surface area (Å²) in [6.07, 6.45) is -4.01. The molecule has 0 saturated heterocycles. The molecule has 0 unspecified atom stereocenters. The largest absolute Gasteiger partial charge is 0.497 e. The molecule has 0 saturated carbocycles. The summed E-state index contributed by atoms with van der Waals surface area (Å²) < 4.78 is 44.7. The number of nitrogens with zero attached hydrogens (tertiary/aromatic N) is 5. The van der Waals surface area contributed by atoms with Crippen LogP contribution >= 0.6 is 0 Å². The number of alkyl halides is 3. The summed E-state index contributed by atoms with van der Waals surface area (Å²) in [5.74, 6) is -1.78. The molecule has 10 heteroatoms. The van der Waals surface area contributed by atoms with Crippen LogP contribution in [0.2, 0.25) is 0 Å². The Morgan fingerprint density at radius 3 is 2.38 bits per heavy atom. The van der Waals surface area contributed by atoms with Crippen molar-refractivity contribution in [1.29, 1.82) is 0 Å². The van der Waals surface area contributed by atoms with Crippen molar-refractivity contribution in [1.82, 2.24) is 25.1 Å². The predicted molar refractivity (Wildman–Crippen MR) is 78.4 cm³/mol. The number of carbonyl (C=O) groups is 1. The molecule has 0 bridgehead atoms. The summed E-state index contributed by atoms with van der Waals surface area (Å²) in [5, 5.41) is 10.6. The third-order valence-corrected chi connectivity index (χ3v) is 2.92. The number of Topliss-reactive ketones (excluding diaryl/α,β-unsaturated/α-hetero) is 1. The molecule has 128 valence electrons. The Kier molecular flexibility index (Phi) is 4.86. The van der Waals surface area contributed by atoms with Crippen LogP contribution in [-0.2, 0) is 4.79 Å². The summed E-state index contributed by atoms with van der Waals surface area (Å²) in [7, 11) is 4.47. The van der Waals surface area contributed by atoms with Crippen LogP contribution in [0.15, 0.2) is 30.5 Å². The van der Waals surface area contributed by atoms with Crippen LogP contribution < -0.4 is 4.74 Å². The van der Waals surface area contributed by atoms with E-state index in [0.717, 1.165) is 10.9 Å². The lowest BCUT2D eigenvalue weighted by Gasteiger charge is -2.13. The molecular weight excluding hydrogens is 327 g/mol. The fraction of sp³-hybridized carbons (Fsp3) is 0.286. The van der Waals surface area contributed by atoms with Crippen molar-refractivity contribution in [2.75, 3.05) is 21.2 Å². The first kappa shape index (κ1) is 17.4. The van der Waals surface area contributed by atoms with Crippen LogP contribution in [0.4, 0.5) is 13.2 Å². The number of hydrogen-bond acceptors (Lipinski definition) is 6. The molecule has 0 atom stereocenters. The maximum Gasteiger partial charge on any atom is 0.455 e. The van der Waals surface area contributed by atoms with E-state index in [9.17, 15) is 18.0 Å². The minimum Gasteiger partial charge on any atom is -0.497 e. The molecule has 1 aromatic heterocycles. The van der Waals surface area contributed by atoms with E-state index in [1.54, 1.807) is 24.3 Å². The van der Waals surface area contributed by atoms with Crippen molar-refractivity contribution in [3.63, 3.8) is 0 Å². The maximum absolute atomic E-state index is 12.9. The van der Waals surface area contributed by atoms with Crippen molar-refractivity contribution in [2.45, 2.75) is 6.18 Å². The summed E-state index contributed by atoms with van der Waals surface area (Å²) in [4.78, 5) is 13.0. The second kappa shape index (κ2) is 6.69. The molecule has 24 heavy (non-hydrogen) atoms. The summed E-state index contributed by atoms with van der Waals surface area (Å²) in [5.41, 5.74) is -0.274. The number of ketones is 1. The fourth-order valence-electron chi connectivity index (χ4n) is 1.88. The van der Waals surface area contributed by atoms with Crippen LogP contribution in [0, 0.1) is 0 Å². The maximum atomic E-state index is 12.9. The monoisotopic (exact) mass is 341 g/mol. The molecule has 0 amide bonds. The van der Waals surface area contributed by atoms with Gasteiger partial charge < -0.3 is 9.64 Å². The van der Waals surface area contributed by atoms with Gasteiger partial charge in [0.1, 0.15) is 5.75 Å². The molecule has 0 aliphatic rings. The van der Waals surface area contributed by atoms with Crippen molar-refractivity contribution in [3.05, 3.63) is 36.3 Å². The molecular formula is C14H14F3N5O2. The summed E-state index contributed by atoms with van der Waals surface area (Å²) >= 11 is 0. The first-order valence-corrected chi connectivity index (χ1v) is 6.67. The highest BCUT2D eigenvalue weighted by atomic mass is 19.4. The van der Waals surface area contributed by atoms with Gasteiger partial charge in [0.25, 0.3) is 5.78 Å². The number of methoxy groups -OCH3 is 1. The number of tetrazole rings is 1. The van der Waals surface area contributed by atoms with Crippen molar-refractivity contribution >= 4 is 11.4 Å². The molecule has 7 nitrogen and oxygen atoms in total. The van der Waals surface area contributed by atoms with Gasteiger partial charge in [-0.25, -0.2) is 0 Å². The Labute approximate surface area is 135 Å². The Bertz CT molecular complexity index is 751. The lowest BCUT2D eigenvalue weighted by Crippen LogP contribution is -2.26. The van der Waals surface area contributed by atoms with E-state index in [4.69, 9.17) is 4.74 Å². The first-order chi connectivity index (χ1) is 11.2. The summed E-state index contributed by atoms with van der Waals surface area (Å²) in [6, 6.07) is 6.32. The molecule has 0 N–H and O–H groups in total. The number of rotatable bonds is 5. The van der Waals surface area contributed by atoms with Gasteiger partial charge in [0.2, 0.25) is 0 Å². The van der Waals surface area contributed by atoms with Gasteiger partial charge in [-0.3, -0.25) is 4.79 Å². The quantitative estimate of drug-likeness (QED) is 0.771. The van der Waals surface area contributed by atoms with Gasteiger partial charge in [-0.15, -0.1) is 5.10 Å². The van der Waals surface area contributed by atoms with E-state index in [1.165, 1.54) is 26.1 Å². The van der Waals surface area contributed by atoms with Crippen LogP contribution in [-0.4, -0.2) is 58.3 Å². The minimum absolute atomic E-state index is 0.309. The van der Waals surface area contributed by atoms with Crippen LogP contribution in [0.5, 0.6) is 5.75 Å². The lowest BCUT2D eigenvalue weighted by atomic mass is 10.1. The molecule has 0 fully saturated rings. The van der Waals surface area contributed by atoms with E-state index in [2.05, 4.69) is 15.5 Å². The van der Waals surface area contributed by atoms with Crippen LogP contribution in [0.25, 0.3) is 11.3 Å². The molecule has 2 rings (SSSR count). The lowest BCUT2D eigenvalue weighted by molar-refractivity contribution is -0.164. The number of hydrogen-bond donors (Lipinski definition) is 0. The number of allylic oxidation sites excluding steroid dienone is 1. The molecule has 0 radical (unpaired) electrons. The van der Waals surface area contributed by atoms with E-state index < -0.39 is 17.5 Å². The van der Waals surface area contributed by atoms with Crippen molar-refractivity contribution in [2.24, 2.45) is 0 Å². The highest BCUT2D eigenvalue weighted by Crippen LogP contribution is 2.27. The van der Waals surface area contributed by atoms with Gasteiger partial charge in [0, 0.05) is 20.3 Å². The molecule has 2 aromatic rings. The summed E-state index contributed by atoms with van der Waals surface area (Å²) in [6.45, 7) is 0. The Hall–Kier alpha value is -2.91. The number of carbonyl (C=O) groups excluding carboxylic acids is 1. The third kappa shape index (κ3) is 3.70. The Morgan fingerprint density at radius 1 is 1.25 bits per heavy atom. The van der Waals surface area contributed by atoms with Gasteiger partial charge in [0.05, 0.1) is 18.4 Å². The predicted octanol–water partition coefficient (Wildman–Crippen LogP) is 1.70. The zero-order valence-electron chi connectivity index (χ0n) is 13.1. The van der Waals surface area contributed by atoms with Gasteiger partial charge in [-0.1, -0.05) is 0 Å². The first-order valence-electron chi connectivity index (χ1n) is 6.67. The zero-order valence-corrected chi connectivity index (χ0v) is 13.1. The highest BCUT2D eigenvalue weighted by molar-refractivity contribution is 6.22. The van der Waals surface area contributed by atoms with E-state index in [-0.39, 0.29) is 5.82 Å². The number of halogens is 3. The topological polar surface area (TPSA) is 73.1 Å². The molecule has 0 aliphatic carbocycles. The van der Waals surface area contributed by atoms with Crippen molar-refractivity contribution < 1.29 is 22.7 Å². The molecule has 1 heterocycles. The zero-order chi connectivity index (χ0) is 17.9. The third-order valence-electron chi connectivity index (χ3n) is 2.92. The van der Waals surface area contributed by atoms with Crippen LogP contribution in [0.3, 0.4) is 0 Å². The average Bonchev–Trinajstić information content (AvgIpc) is 3.00. The van der Waals surface area contributed by atoms with E-state index in [1.807, 2.05) is 0 Å². The van der Waals surface area contributed by atoms with Gasteiger partial charge >= 0.3 is 6.18 Å². The Balaban J connectivity index is 2.53. The van der Waals surface area contributed by atoms with E-state index in [0.29, 0.717) is 11.4 Å². The van der Waals surface area contributed by atoms with Gasteiger partial charge in [-0.05, 0) is 34.7 Å². The molecule has 0 aliphatic heterocycles. The number of benzene rings is 1. The minimum atomic E-state index is -5.04. The normalized spacial score (nSPS) is 12.2. The SMILES string of the molecule is COc1ccc(-n2nnnc2C(=CN(C)C)C(=O)C(F)(F)F)cc1. The number of aromatic nitrogens is 4. The average molecular weight is 341 g/mol. The standard InChI is InChI=1S/C14H14F3N5O2/c1-21(2)8-11(12(23)14(15,16)17)13-18-19-20-22(13)9-4-6-10(24-3)7-5-9/h4-8H,1-3H3. The molecule has 1 aromatic carbocycles. The number of ether oxygens (including phenoxy) is 1. The van der Waals surface area contributed by atoms with Crippen LogP contribution in [0.1, 0.15) is 5.82 Å². The smallest absolute Gasteiger partial charge is 0.455 e. The Morgan fingerprint density at radius 2 is 1.88 bits per heavy atom. The highest BCUT2D eigenvalue weighted by Gasteiger charge is 2.43.